The van der Waals surface area contributed by atoms with E-state index in [1.165, 1.54) is 31.4 Å². The first kappa shape index (κ1) is 16.3. The first-order valence-electron chi connectivity index (χ1n) is 5.64. The Labute approximate surface area is 134 Å². The Morgan fingerprint density at radius 1 is 0.905 bits per heavy atom. The molecule has 0 unspecified atom stereocenters. The Kier molecular flexibility index (Phi) is 4.61. The van der Waals surface area contributed by atoms with Crippen LogP contribution < -0.4 is 4.74 Å². The minimum absolute atomic E-state index is 0.00628. The molecule has 0 aliphatic heterocycles. The number of hydrogen-bond donors (Lipinski definition) is 0. The molecule has 2 rings (SSSR count). The second kappa shape index (κ2) is 5.95. The zero-order valence-corrected chi connectivity index (χ0v) is 12.8. The number of alkyl halides is 3. The lowest BCUT2D eigenvalue weighted by Crippen LogP contribution is -2.07. The molecule has 0 aromatic heterocycles. The van der Waals surface area contributed by atoms with Gasteiger partial charge in [0.05, 0.1) is 27.7 Å². The molecule has 0 aliphatic rings. The van der Waals surface area contributed by atoms with Crippen molar-refractivity contribution < 1.29 is 17.9 Å². The Balaban J connectivity index is 2.75. The van der Waals surface area contributed by atoms with Crippen molar-refractivity contribution in [1.29, 1.82) is 0 Å². The Hall–Kier alpha value is -1.10. The highest BCUT2D eigenvalue weighted by molar-refractivity contribution is 6.49. The minimum Gasteiger partial charge on any atom is -0.497 e. The van der Waals surface area contributed by atoms with E-state index in [9.17, 15) is 13.2 Å². The summed E-state index contributed by atoms with van der Waals surface area (Å²) in [4.78, 5) is 0. The van der Waals surface area contributed by atoms with E-state index in [0.717, 1.165) is 6.07 Å². The lowest BCUT2D eigenvalue weighted by atomic mass is 9.99. The van der Waals surface area contributed by atoms with Crippen LogP contribution in [0.15, 0.2) is 30.3 Å². The van der Waals surface area contributed by atoms with E-state index in [0.29, 0.717) is 0 Å². The molecule has 0 spiro atoms. The van der Waals surface area contributed by atoms with Crippen LogP contribution in [0.1, 0.15) is 5.56 Å². The molecule has 0 saturated heterocycles. The fraction of sp³-hybridized carbons (Fsp3) is 0.143. The van der Waals surface area contributed by atoms with Crippen LogP contribution in [-0.4, -0.2) is 7.11 Å². The fourth-order valence-electron chi connectivity index (χ4n) is 1.85. The van der Waals surface area contributed by atoms with E-state index >= 15 is 0 Å². The van der Waals surface area contributed by atoms with Gasteiger partial charge in [-0.1, -0.05) is 40.9 Å². The molecule has 2 aromatic rings. The highest BCUT2D eigenvalue weighted by Crippen LogP contribution is 2.44. The van der Waals surface area contributed by atoms with Crippen molar-refractivity contribution in [2.75, 3.05) is 7.11 Å². The molecule has 0 atom stereocenters. The maximum atomic E-state index is 13.1. The van der Waals surface area contributed by atoms with E-state index in [2.05, 4.69) is 0 Å². The molecule has 7 heteroatoms. The van der Waals surface area contributed by atoms with Crippen molar-refractivity contribution in [3.05, 3.63) is 51.0 Å². The quantitative estimate of drug-likeness (QED) is 0.571. The van der Waals surface area contributed by atoms with Gasteiger partial charge in [-0.25, -0.2) is 0 Å². The van der Waals surface area contributed by atoms with Gasteiger partial charge in [0, 0.05) is 5.56 Å². The van der Waals surface area contributed by atoms with E-state index in [1.54, 1.807) is 0 Å². The largest absolute Gasteiger partial charge is 0.497 e. The van der Waals surface area contributed by atoms with Crippen molar-refractivity contribution >= 4 is 34.8 Å². The highest BCUT2D eigenvalue weighted by Gasteiger charge is 2.34. The smallest absolute Gasteiger partial charge is 0.417 e. The van der Waals surface area contributed by atoms with Crippen molar-refractivity contribution in [3.63, 3.8) is 0 Å². The van der Waals surface area contributed by atoms with Crippen molar-refractivity contribution in [3.8, 4) is 16.9 Å². The molecule has 0 fully saturated rings. The minimum atomic E-state index is -4.53. The molecular formula is C14H8Cl3F3O. The standard InChI is InChI=1S/C14H8Cl3F3O/c1-21-7-2-4-10(14(18,19)20)9(6-7)8-3-5-11(15)13(17)12(8)16/h2-6H,1H3. The van der Waals surface area contributed by atoms with Crippen molar-refractivity contribution in [2.45, 2.75) is 6.18 Å². The zero-order valence-electron chi connectivity index (χ0n) is 10.6. The predicted molar refractivity (Wildman–Crippen MR) is 78.5 cm³/mol. The van der Waals surface area contributed by atoms with E-state index in [4.69, 9.17) is 39.5 Å². The second-order valence-electron chi connectivity index (χ2n) is 4.13. The number of ether oxygens (including phenoxy) is 1. The van der Waals surface area contributed by atoms with Gasteiger partial charge >= 0.3 is 6.18 Å². The van der Waals surface area contributed by atoms with E-state index in [-0.39, 0.29) is 31.9 Å². The Morgan fingerprint density at radius 2 is 1.57 bits per heavy atom. The summed E-state index contributed by atoms with van der Waals surface area (Å²) in [6.07, 6.45) is -4.53. The summed E-state index contributed by atoms with van der Waals surface area (Å²) in [5.41, 5.74) is -0.814. The van der Waals surface area contributed by atoms with Crippen LogP contribution >= 0.6 is 34.8 Å². The SMILES string of the molecule is COc1ccc(C(F)(F)F)c(-c2ccc(Cl)c(Cl)c2Cl)c1. The summed E-state index contributed by atoms with van der Waals surface area (Å²) in [6.45, 7) is 0. The van der Waals surface area contributed by atoms with Crippen LogP contribution in [0.4, 0.5) is 13.2 Å². The molecule has 0 aliphatic carbocycles. The summed E-state index contributed by atoms with van der Waals surface area (Å²) in [7, 11) is 1.36. The van der Waals surface area contributed by atoms with Crippen LogP contribution in [0, 0.1) is 0 Å². The molecule has 21 heavy (non-hydrogen) atoms. The maximum Gasteiger partial charge on any atom is 0.417 e. The Morgan fingerprint density at radius 3 is 2.14 bits per heavy atom. The second-order valence-corrected chi connectivity index (χ2v) is 5.30. The summed E-state index contributed by atoms with van der Waals surface area (Å²) < 4.78 is 44.4. The first-order valence-corrected chi connectivity index (χ1v) is 6.78. The number of benzene rings is 2. The van der Waals surface area contributed by atoms with Gasteiger partial charge < -0.3 is 4.74 Å². The highest BCUT2D eigenvalue weighted by atomic mass is 35.5. The molecule has 0 bridgehead atoms. The van der Waals surface area contributed by atoms with Gasteiger partial charge in [0.2, 0.25) is 0 Å². The summed E-state index contributed by atoms with van der Waals surface area (Å²) >= 11 is 17.7. The van der Waals surface area contributed by atoms with Gasteiger partial charge in [-0.2, -0.15) is 13.2 Å². The number of methoxy groups -OCH3 is 1. The van der Waals surface area contributed by atoms with Gasteiger partial charge in [-0.3, -0.25) is 0 Å². The van der Waals surface area contributed by atoms with Crippen LogP contribution in [0.5, 0.6) is 5.75 Å². The first-order chi connectivity index (χ1) is 9.75. The normalized spacial score (nSPS) is 11.6. The molecule has 0 radical (unpaired) electrons. The lowest BCUT2D eigenvalue weighted by molar-refractivity contribution is -0.137. The van der Waals surface area contributed by atoms with E-state index < -0.39 is 11.7 Å². The van der Waals surface area contributed by atoms with Crippen LogP contribution in [0.2, 0.25) is 15.1 Å². The maximum absolute atomic E-state index is 13.1. The van der Waals surface area contributed by atoms with Crippen molar-refractivity contribution in [1.82, 2.24) is 0 Å². The van der Waals surface area contributed by atoms with Crippen molar-refractivity contribution in [2.24, 2.45) is 0 Å². The summed E-state index contributed by atoms with van der Waals surface area (Å²) in [5.74, 6) is 0.278. The third kappa shape index (κ3) is 3.23. The van der Waals surface area contributed by atoms with Crippen LogP contribution in [-0.2, 0) is 6.18 Å². The number of hydrogen-bond acceptors (Lipinski definition) is 1. The van der Waals surface area contributed by atoms with Gasteiger partial charge in [0.25, 0.3) is 0 Å². The molecule has 1 nitrogen and oxygen atoms in total. The molecule has 112 valence electrons. The van der Waals surface area contributed by atoms with Gasteiger partial charge in [0.15, 0.2) is 0 Å². The average molecular weight is 356 g/mol. The molecular weight excluding hydrogens is 348 g/mol. The monoisotopic (exact) mass is 354 g/mol. The van der Waals surface area contributed by atoms with Gasteiger partial charge in [-0.15, -0.1) is 0 Å². The molecule has 0 amide bonds. The average Bonchev–Trinajstić information content (AvgIpc) is 2.43. The third-order valence-corrected chi connectivity index (χ3v) is 4.15. The summed E-state index contributed by atoms with van der Waals surface area (Å²) in [6, 6.07) is 6.21. The van der Waals surface area contributed by atoms with Gasteiger partial charge in [-0.05, 0) is 29.8 Å². The molecule has 0 heterocycles. The molecule has 2 aromatic carbocycles. The summed E-state index contributed by atoms with van der Waals surface area (Å²) in [5, 5.41) is 0.136. The fourth-order valence-corrected chi connectivity index (χ4v) is 2.49. The van der Waals surface area contributed by atoms with Crippen LogP contribution in [0.25, 0.3) is 11.1 Å². The molecule has 0 N–H and O–H groups in total. The third-order valence-electron chi connectivity index (χ3n) is 2.86. The van der Waals surface area contributed by atoms with Gasteiger partial charge in [0.1, 0.15) is 5.75 Å². The number of rotatable bonds is 2. The topological polar surface area (TPSA) is 9.23 Å². The van der Waals surface area contributed by atoms with Crippen LogP contribution in [0.3, 0.4) is 0 Å². The lowest BCUT2D eigenvalue weighted by Gasteiger charge is -2.16. The molecule has 0 saturated carbocycles. The number of halogens is 6. The van der Waals surface area contributed by atoms with E-state index in [1.807, 2.05) is 0 Å². The predicted octanol–water partition coefficient (Wildman–Crippen LogP) is 6.34. The Bertz CT molecular complexity index is 684. The zero-order chi connectivity index (χ0) is 15.8.